The number of hydrogen-bond donors (Lipinski definition) is 1. The number of halogens is 1. The van der Waals surface area contributed by atoms with Gasteiger partial charge in [0.15, 0.2) is 0 Å². The molecular formula is C12H15ClO. The highest BCUT2D eigenvalue weighted by molar-refractivity contribution is 6.30. The minimum atomic E-state index is -0.477. The summed E-state index contributed by atoms with van der Waals surface area (Å²) in [5.74, 6) is 0.108. The summed E-state index contributed by atoms with van der Waals surface area (Å²) in [6.45, 7) is 5.74. The number of aliphatic hydroxyl groups excluding tert-OH is 1. The van der Waals surface area contributed by atoms with Crippen LogP contribution in [0.25, 0.3) is 0 Å². The van der Waals surface area contributed by atoms with Gasteiger partial charge in [0.1, 0.15) is 0 Å². The summed E-state index contributed by atoms with van der Waals surface area (Å²) in [5.41, 5.74) is 0.890. The maximum atomic E-state index is 9.96. The standard InChI is InChI=1S/C12H15ClO/c1-3-9(4-2)12(14)10-5-7-11(13)8-6-10/h3,5-9,12,14H,1,4H2,2H3. The Morgan fingerprint density at radius 1 is 1.43 bits per heavy atom. The highest BCUT2D eigenvalue weighted by Crippen LogP contribution is 2.26. The van der Waals surface area contributed by atoms with Crippen molar-refractivity contribution in [3.8, 4) is 0 Å². The largest absolute Gasteiger partial charge is 0.388 e. The van der Waals surface area contributed by atoms with Crippen molar-refractivity contribution in [3.63, 3.8) is 0 Å². The van der Waals surface area contributed by atoms with E-state index in [2.05, 4.69) is 6.58 Å². The van der Waals surface area contributed by atoms with Gasteiger partial charge in [0.2, 0.25) is 0 Å². The van der Waals surface area contributed by atoms with Crippen LogP contribution in [0.4, 0.5) is 0 Å². The first-order valence-electron chi connectivity index (χ1n) is 4.75. The molecule has 2 heteroatoms. The van der Waals surface area contributed by atoms with Crippen molar-refractivity contribution in [1.29, 1.82) is 0 Å². The van der Waals surface area contributed by atoms with Crippen molar-refractivity contribution in [2.75, 3.05) is 0 Å². The van der Waals surface area contributed by atoms with Crippen molar-refractivity contribution < 1.29 is 5.11 Å². The van der Waals surface area contributed by atoms with Gasteiger partial charge in [0, 0.05) is 10.9 Å². The van der Waals surface area contributed by atoms with E-state index in [4.69, 9.17) is 11.6 Å². The Bertz CT molecular complexity index is 292. The molecule has 2 unspecified atom stereocenters. The molecule has 76 valence electrons. The van der Waals surface area contributed by atoms with E-state index in [1.165, 1.54) is 0 Å². The van der Waals surface area contributed by atoms with E-state index >= 15 is 0 Å². The maximum Gasteiger partial charge on any atom is 0.0852 e. The second-order valence-electron chi connectivity index (χ2n) is 3.30. The smallest absolute Gasteiger partial charge is 0.0852 e. The average Bonchev–Trinajstić information content (AvgIpc) is 2.20. The molecule has 0 aliphatic heterocycles. The molecule has 0 saturated carbocycles. The van der Waals surface area contributed by atoms with Crippen LogP contribution in [0.2, 0.25) is 5.02 Å². The monoisotopic (exact) mass is 210 g/mol. The third-order valence-electron chi connectivity index (χ3n) is 2.39. The lowest BCUT2D eigenvalue weighted by molar-refractivity contribution is 0.129. The second kappa shape index (κ2) is 5.18. The topological polar surface area (TPSA) is 20.2 Å². The lowest BCUT2D eigenvalue weighted by Gasteiger charge is -2.18. The van der Waals surface area contributed by atoms with E-state index in [0.717, 1.165) is 12.0 Å². The van der Waals surface area contributed by atoms with Crippen LogP contribution in [0.3, 0.4) is 0 Å². The number of rotatable bonds is 4. The fraction of sp³-hybridized carbons (Fsp3) is 0.333. The molecule has 0 fully saturated rings. The van der Waals surface area contributed by atoms with Crippen molar-refractivity contribution in [1.82, 2.24) is 0 Å². The molecular weight excluding hydrogens is 196 g/mol. The van der Waals surface area contributed by atoms with Gasteiger partial charge in [-0.2, -0.15) is 0 Å². The third kappa shape index (κ3) is 2.60. The van der Waals surface area contributed by atoms with Crippen molar-refractivity contribution in [2.45, 2.75) is 19.4 Å². The zero-order chi connectivity index (χ0) is 10.6. The molecule has 1 aromatic carbocycles. The van der Waals surface area contributed by atoms with E-state index in [-0.39, 0.29) is 5.92 Å². The highest BCUT2D eigenvalue weighted by atomic mass is 35.5. The highest BCUT2D eigenvalue weighted by Gasteiger charge is 2.15. The first-order valence-corrected chi connectivity index (χ1v) is 5.13. The molecule has 0 radical (unpaired) electrons. The lowest BCUT2D eigenvalue weighted by Crippen LogP contribution is -2.08. The molecule has 0 bridgehead atoms. The molecule has 2 atom stereocenters. The summed E-state index contributed by atoms with van der Waals surface area (Å²) >= 11 is 5.76. The summed E-state index contributed by atoms with van der Waals surface area (Å²) < 4.78 is 0. The zero-order valence-corrected chi connectivity index (χ0v) is 9.04. The maximum absolute atomic E-state index is 9.96. The number of aliphatic hydroxyl groups is 1. The summed E-state index contributed by atoms with van der Waals surface area (Å²) in [6.07, 6.45) is 2.20. The van der Waals surface area contributed by atoms with Crippen LogP contribution in [0.1, 0.15) is 25.0 Å². The van der Waals surface area contributed by atoms with Gasteiger partial charge in [-0.3, -0.25) is 0 Å². The molecule has 1 N–H and O–H groups in total. The van der Waals surface area contributed by atoms with Crippen LogP contribution in [-0.2, 0) is 0 Å². The number of hydrogen-bond acceptors (Lipinski definition) is 1. The van der Waals surface area contributed by atoms with Gasteiger partial charge in [-0.15, -0.1) is 6.58 Å². The molecule has 0 aliphatic carbocycles. The molecule has 0 heterocycles. The van der Waals surface area contributed by atoms with E-state index in [1.807, 2.05) is 19.1 Å². The Labute approximate surface area is 90.0 Å². The number of benzene rings is 1. The molecule has 0 aliphatic rings. The molecule has 0 saturated heterocycles. The van der Waals surface area contributed by atoms with Gasteiger partial charge >= 0.3 is 0 Å². The Kier molecular flexibility index (Phi) is 4.18. The summed E-state index contributed by atoms with van der Waals surface area (Å²) in [4.78, 5) is 0. The Balaban J connectivity index is 2.82. The molecule has 1 aromatic rings. The first-order chi connectivity index (χ1) is 6.69. The van der Waals surface area contributed by atoms with Gasteiger partial charge in [-0.05, 0) is 24.1 Å². The molecule has 0 spiro atoms. The van der Waals surface area contributed by atoms with Crippen LogP contribution < -0.4 is 0 Å². The van der Waals surface area contributed by atoms with E-state index in [1.54, 1.807) is 18.2 Å². The first kappa shape index (κ1) is 11.3. The normalized spacial score (nSPS) is 14.8. The Hall–Kier alpha value is -0.790. The Morgan fingerprint density at radius 2 is 2.00 bits per heavy atom. The van der Waals surface area contributed by atoms with Gasteiger partial charge in [-0.25, -0.2) is 0 Å². The molecule has 1 rings (SSSR count). The summed E-state index contributed by atoms with van der Waals surface area (Å²) in [7, 11) is 0. The lowest BCUT2D eigenvalue weighted by atomic mass is 9.94. The minimum Gasteiger partial charge on any atom is -0.388 e. The van der Waals surface area contributed by atoms with Crippen LogP contribution in [-0.4, -0.2) is 5.11 Å². The van der Waals surface area contributed by atoms with Crippen molar-refractivity contribution >= 4 is 11.6 Å². The van der Waals surface area contributed by atoms with E-state index in [0.29, 0.717) is 5.02 Å². The molecule has 0 aromatic heterocycles. The van der Waals surface area contributed by atoms with Crippen molar-refractivity contribution in [2.24, 2.45) is 5.92 Å². The van der Waals surface area contributed by atoms with Crippen LogP contribution >= 0.6 is 11.6 Å². The summed E-state index contributed by atoms with van der Waals surface area (Å²) in [6, 6.07) is 7.27. The second-order valence-corrected chi connectivity index (χ2v) is 3.74. The fourth-order valence-corrected chi connectivity index (χ4v) is 1.55. The SMILES string of the molecule is C=CC(CC)C(O)c1ccc(Cl)cc1. The van der Waals surface area contributed by atoms with Gasteiger partial charge in [-0.1, -0.05) is 36.7 Å². The fourth-order valence-electron chi connectivity index (χ4n) is 1.43. The van der Waals surface area contributed by atoms with E-state index < -0.39 is 6.10 Å². The summed E-state index contributed by atoms with van der Waals surface area (Å²) in [5, 5.41) is 10.6. The van der Waals surface area contributed by atoms with Gasteiger partial charge in [0.25, 0.3) is 0 Å². The van der Waals surface area contributed by atoms with Crippen molar-refractivity contribution in [3.05, 3.63) is 47.5 Å². The van der Waals surface area contributed by atoms with Crippen LogP contribution in [0, 0.1) is 5.92 Å². The average molecular weight is 211 g/mol. The quantitative estimate of drug-likeness (QED) is 0.754. The molecule has 14 heavy (non-hydrogen) atoms. The molecule has 1 nitrogen and oxygen atoms in total. The predicted molar refractivity (Wildman–Crippen MR) is 60.4 cm³/mol. The Morgan fingerprint density at radius 3 is 2.43 bits per heavy atom. The van der Waals surface area contributed by atoms with Crippen LogP contribution in [0.5, 0.6) is 0 Å². The van der Waals surface area contributed by atoms with Gasteiger partial charge < -0.3 is 5.11 Å². The predicted octanol–water partition coefficient (Wildman–Crippen LogP) is 3.59. The molecule has 0 amide bonds. The van der Waals surface area contributed by atoms with Crippen LogP contribution in [0.15, 0.2) is 36.9 Å². The third-order valence-corrected chi connectivity index (χ3v) is 2.64. The zero-order valence-electron chi connectivity index (χ0n) is 8.28. The van der Waals surface area contributed by atoms with Gasteiger partial charge in [0.05, 0.1) is 6.10 Å². The minimum absolute atomic E-state index is 0.108. The van der Waals surface area contributed by atoms with E-state index in [9.17, 15) is 5.11 Å².